The van der Waals surface area contributed by atoms with Gasteiger partial charge in [-0.3, -0.25) is 9.89 Å². The van der Waals surface area contributed by atoms with Crippen LogP contribution >= 0.6 is 0 Å². The van der Waals surface area contributed by atoms with Gasteiger partial charge in [-0.15, -0.1) is 0 Å². The van der Waals surface area contributed by atoms with Gasteiger partial charge in [0.25, 0.3) is 0 Å². The van der Waals surface area contributed by atoms with Crippen LogP contribution in [-0.2, 0) is 9.47 Å². The van der Waals surface area contributed by atoms with Gasteiger partial charge in [0.1, 0.15) is 0 Å². The highest BCUT2D eigenvalue weighted by molar-refractivity contribution is 5.79. The van der Waals surface area contributed by atoms with Gasteiger partial charge in [0.15, 0.2) is 5.96 Å². The zero-order valence-corrected chi connectivity index (χ0v) is 18.9. The van der Waals surface area contributed by atoms with Crippen molar-refractivity contribution in [3.63, 3.8) is 0 Å². The van der Waals surface area contributed by atoms with Gasteiger partial charge in [-0.05, 0) is 37.2 Å². The number of aliphatic imine (C=N–C) groups is 1. The van der Waals surface area contributed by atoms with Crippen LogP contribution in [0.5, 0.6) is 0 Å². The summed E-state index contributed by atoms with van der Waals surface area (Å²) in [6, 6.07) is 11.4. The Kier molecular flexibility index (Phi) is 9.93. The van der Waals surface area contributed by atoms with Gasteiger partial charge in [0, 0.05) is 72.2 Å². The van der Waals surface area contributed by atoms with Gasteiger partial charge in [0.2, 0.25) is 0 Å². The lowest BCUT2D eigenvalue weighted by Gasteiger charge is -2.40. The zero-order valence-electron chi connectivity index (χ0n) is 18.9. The Hall–Kier alpha value is -1.63. The lowest BCUT2D eigenvalue weighted by Crippen LogP contribution is -2.53. The Morgan fingerprint density at radius 3 is 2.57 bits per heavy atom. The Labute approximate surface area is 182 Å². The molecule has 0 bridgehead atoms. The average molecular weight is 417 g/mol. The van der Waals surface area contributed by atoms with Crippen molar-refractivity contribution in [3.8, 4) is 0 Å². The van der Waals surface area contributed by atoms with E-state index in [1.165, 1.54) is 5.56 Å². The third-order valence-corrected chi connectivity index (χ3v) is 6.28. The highest BCUT2D eigenvalue weighted by Crippen LogP contribution is 2.25. The number of piperazine rings is 1. The lowest BCUT2D eigenvalue weighted by molar-refractivity contribution is 0.0203. The molecule has 2 heterocycles. The summed E-state index contributed by atoms with van der Waals surface area (Å²) in [4.78, 5) is 9.51. The lowest BCUT2D eigenvalue weighted by atomic mass is 10.0. The standard InChI is InChI=1S/C24H40N4O2/c1-3-23(22-8-5-4-6-9-22)27-13-15-28(16-14-27)24(25-2)26-12-7-17-30-20-21-10-18-29-19-11-21/h4-6,8-9,21,23H,3,7,10-20H2,1-2H3,(H,25,26). The third kappa shape index (κ3) is 6.96. The number of nitrogens with one attached hydrogen (secondary N) is 1. The van der Waals surface area contributed by atoms with E-state index in [-0.39, 0.29) is 0 Å². The van der Waals surface area contributed by atoms with E-state index in [0.717, 1.165) is 90.8 Å². The first kappa shape index (κ1) is 23.0. The summed E-state index contributed by atoms with van der Waals surface area (Å²) in [5, 5.41) is 3.52. The van der Waals surface area contributed by atoms with Gasteiger partial charge >= 0.3 is 0 Å². The van der Waals surface area contributed by atoms with E-state index >= 15 is 0 Å². The van der Waals surface area contributed by atoms with Gasteiger partial charge < -0.3 is 19.7 Å². The van der Waals surface area contributed by atoms with Crippen LogP contribution in [-0.4, -0.2) is 82.0 Å². The molecule has 2 fully saturated rings. The molecule has 0 radical (unpaired) electrons. The van der Waals surface area contributed by atoms with Crippen LogP contribution in [0.4, 0.5) is 0 Å². The summed E-state index contributed by atoms with van der Waals surface area (Å²) in [5.74, 6) is 1.70. The smallest absolute Gasteiger partial charge is 0.193 e. The summed E-state index contributed by atoms with van der Waals surface area (Å²) in [6.07, 6.45) is 4.43. The molecule has 6 heteroatoms. The molecule has 1 aromatic carbocycles. The normalized spacial score (nSPS) is 20.3. The summed E-state index contributed by atoms with van der Waals surface area (Å²) in [7, 11) is 1.88. The van der Waals surface area contributed by atoms with Crippen LogP contribution < -0.4 is 5.32 Å². The number of nitrogens with zero attached hydrogens (tertiary/aromatic N) is 3. The van der Waals surface area contributed by atoms with Crippen LogP contribution in [0, 0.1) is 5.92 Å². The number of hydrogen-bond acceptors (Lipinski definition) is 4. The maximum absolute atomic E-state index is 5.87. The van der Waals surface area contributed by atoms with Crippen molar-refractivity contribution in [1.82, 2.24) is 15.1 Å². The first-order chi connectivity index (χ1) is 14.8. The van der Waals surface area contributed by atoms with E-state index in [4.69, 9.17) is 9.47 Å². The second kappa shape index (κ2) is 12.9. The number of hydrogen-bond donors (Lipinski definition) is 1. The van der Waals surface area contributed by atoms with Crippen LogP contribution in [0.15, 0.2) is 35.3 Å². The molecule has 0 aromatic heterocycles. The van der Waals surface area contributed by atoms with Crippen molar-refractivity contribution in [1.29, 1.82) is 0 Å². The number of benzene rings is 1. The predicted molar refractivity (Wildman–Crippen MR) is 123 cm³/mol. The molecule has 2 saturated heterocycles. The fraction of sp³-hybridized carbons (Fsp3) is 0.708. The van der Waals surface area contributed by atoms with Crippen LogP contribution in [0.3, 0.4) is 0 Å². The molecule has 3 rings (SSSR count). The molecule has 1 unspecified atom stereocenters. The van der Waals surface area contributed by atoms with Crippen molar-refractivity contribution in [2.24, 2.45) is 10.9 Å². The minimum Gasteiger partial charge on any atom is -0.381 e. The molecular weight excluding hydrogens is 376 g/mol. The molecule has 0 amide bonds. The van der Waals surface area contributed by atoms with Crippen molar-refractivity contribution in [3.05, 3.63) is 35.9 Å². The van der Waals surface area contributed by atoms with Crippen molar-refractivity contribution in [2.45, 2.75) is 38.6 Å². The molecule has 2 aliphatic heterocycles. The van der Waals surface area contributed by atoms with E-state index in [1.807, 2.05) is 7.05 Å². The topological polar surface area (TPSA) is 49.3 Å². The number of rotatable bonds is 9. The van der Waals surface area contributed by atoms with Gasteiger partial charge in [0.05, 0.1) is 0 Å². The summed E-state index contributed by atoms with van der Waals surface area (Å²) >= 11 is 0. The van der Waals surface area contributed by atoms with Crippen molar-refractivity contribution in [2.75, 3.05) is 66.2 Å². The first-order valence-corrected chi connectivity index (χ1v) is 11.7. The largest absolute Gasteiger partial charge is 0.381 e. The maximum Gasteiger partial charge on any atom is 0.193 e. The molecule has 1 N–H and O–H groups in total. The van der Waals surface area contributed by atoms with E-state index < -0.39 is 0 Å². The SMILES string of the molecule is CCC(c1ccccc1)N1CCN(C(=NC)NCCCOCC2CCOCC2)CC1. The van der Waals surface area contributed by atoms with Gasteiger partial charge in [-0.2, -0.15) is 0 Å². The fourth-order valence-corrected chi connectivity index (χ4v) is 4.50. The quantitative estimate of drug-likeness (QED) is 0.381. The molecule has 0 saturated carbocycles. The van der Waals surface area contributed by atoms with Crippen LogP contribution in [0.1, 0.15) is 44.2 Å². The van der Waals surface area contributed by atoms with Crippen LogP contribution in [0.2, 0.25) is 0 Å². The van der Waals surface area contributed by atoms with Crippen molar-refractivity contribution >= 4 is 5.96 Å². The molecule has 2 aliphatic rings. The second-order valence-corrected chi connectivity index (χ2v) is 8.32. The molecule has 168 valence electrons. The van der Waals surface area contributed by atoms with E-state index in [9.17, 15) is 0 Å². The highest BCUT2D eigenvalue weighted by Gasteiger charge is 2.25. The Morgan fingerprint density at radius 1 is 1.17 bits per heavy atom. The Morgan fingerprint density at radius 2 is 1.90 bits per heavy atom. The monoisotopic (exact) mass is 416 g/mol. The minimum atomic E-state index is 0.510. The van der Waals surface area contributed by atoms with Crippen molar-refractivity contribution < 1.29 is 9.47 Å². The maximum atomic E-state index is 5.87. The van der Waals surface area contributed by atoms with Crippen LogP contribution in [0.25, 0.3) is 0 Å². The highest BCUT2D eigenvalue weighted by atomic mass is 16.5. The Balaban J connectivity index is 1.33. The molecule has 1 atom stereocenters. The molecule has 6 nitrogen and oxygen atoms in total. The fourth-order valence-electron chi connectivity index (χ4n) is 4.50. The van der Waals surface area contributed by atoms with Gasteiger partial charge in [-0.1, -0.05) is 37.3 Å². The molecule has 1 aromatic rings. The second-order valence-electron chi connectivity index (χ2n) is 8.32. The van der Waals surface area contributed by atoms with E-state index in [2.05, 4.69) is 57.4 Å². The summed E-state index contributed by atoms with van der Waals surface area (Å²) in [5.41, 5.74) is 1.43. The predicted octanol–water partition coefficient (Wildman–Crippen LogP) is 3.16. The third-order valence-electron chi connectivity index (χ3n) is 6.28. The molecule has 0 spiro atoms. The molecule has 30 heavy (non-hydrogen) atoms. The Bertz CT molecular complexity index is 611. The minimum absolute atomic E-state index is 0.510. The summed E-state index contributed by atoms with van der Waals surface area (Å²) < 4.78 is 11.3. The van der Waals surface area contributed by atoms with E-state index in [0.29, 0.717) is 12.0 Å². The zero-order chi connectivity index (χ0) is 21.0. The van der Waals surface area contributed by atoms with E-state index in [1.54, 1.807) is 0 Å². The molecular formula is C24H40N4O2. The number of ether oxygens (including phenoxy) is 2. The first-order valence-electron chi connectivity index (χ1n) is 11.7. The van der Waals surface area contributed by atoms with Gasteiger partial charge in [-0.25, -0.2) is 0 Å². The molecule has 0 aliphatic carbocycles. The number of guanidine groups is 1. The average Bonchev–Trinajstić information content (AvgIpc) is 2.81. The summed E-state index contributed by atoms with van der Waals surface area (Å²) in [6.45, 7) is 10.8.